The van der Waals surface area contributed by atoms with Gasteiger partial charge >= 0.3 is 11.6 Å². The minimum Gasteiger partial charge on any atom is -0.493 e. The number of unbranched alkanes of at least 4 members (excludes halogenated alkanes) is 7. The molecule has 38 heavy (non-hydrogen) atoms. The number of hydrogen-bond donors (Lipinski definition) is 0. The zero-order valence-corrected chi connectivity index (χ0v) is 22.7. The van der Waals surface area contributed by atoms with E-state index in [1.165, 1.54) is 38.5 Å². The molecular weight excluding hydrogens is 480 g/mol. The number of carbonyl (C=O) groups is 1. The number of rotatable bonds is 17. The van der Waals surface area contributed by atoms with Crippen LogP contribution in [0.1, 0.15) is 88.4 Å². The number of hydrogen-bond acceptors (Lipinski definition) is 6. The molecule has 1 heterocycles. The van der Waals surface area contributed by atoms with Gasteiger partial charge in [0.15, 0.2) is 5.75 Å². The molecule has 6 nitrogen and oxygen atoms in total. The Labute approximate surface area is 225 Å². The summed E-state index contributed by atoms with van der Waals surface area (Å²) >= 11 is 0. The zero-order valence-electron chi connectivity index (χ0n) is 22.7. The number of carbonyl (C=O) groups excluding carboxylic acids is 1. The quantitative estimate of drug-likeness (QED) is 0.0772. The van der Waals surface area contributed by atoms with Crippen molar-refractivity contribution in [3.05, 3.63) is 76.7 Å². The van der Waals surface area contributed by atoms with Crippen LogP contribution in [0.2, 0.25) is 0 Å². The molecule has 2 aromatic carbocycles. The Kier molecular flexibility index (Phi) is 12.5. The normalized spacial score (nSPS) is 11.2. The van der Waals surface area contributed by atoms with Gasteiger partial charge < -0.3 is 18.6 Å². The van der Waals surface area contributed by atoms with Crippen molar-refractivity contribution in [2.24, 2.45) is 0 Å². The summed E-state index contributed by atoms with van der Waals surface area (Å²) in [6.07, 6.45) is 15.3. The predicted molar refractivity (Wildman–Crippen MR) is 152 cm³/mol. The van der Waals surface area contributed by atoms with Gasteiger partial charge in [0.1, 0.15) is 11.3 Å². The molecule has 3 aromatic rings. The Hall–Kier alpha value is -3.54. The van der Waals surface area contributed by atoms with Crippen molar-refractivity contribution in [2.75, 3.05) is 13.2 Å². The summed E-state index contributed by atoms with van der Waals surface area (Å²) in [6.45, 7) is 5.12. The van der Waals surface area contributed by atoms with E-state index in [2.05, 4.69) is 6.92 Å². The molecule has 0 saturated carbocycles. The summed E-state index contributed by atoms with van der Waals surface area (Å²) in [4.78, 5) is 25.7. The lowest BCUT2D eigenvalue weighted by Gasteiger charge is -2.13. The molecular formula is C32H40O6. The highest BCUT2D eigenvalue weighted by Crippen LogP contribution is 2.35. The van der Waals surface area contributed by atoms with Crippen molar-refractivity contribution in [1.29, 1.82) is 0 Å². The minimum atomic E-state index is -0.701. The maximum atomic E-state index is 12.9. The number of ether oxygens (including phenoxy) is 3. The zero-order chi connectivity index (χ0) is 27.0. The van der Waals surface area contributed by atoms with Gasteiger partial charge in [0.05, 0.1) is 24.2 Å². The third-order valence-electron chi connectivity index (χ3n) is 6.20. The van der Waals surface area contributed by atoms with Gasteiger partial charge in [0.25, 0.3) is 0 Å². The monoisotopic (exact) mass is 520 g/mol. The molecule has 0 bridgehead atoms. The molecule has 0 amide bonds. The van der Waals surface area contributed by atoms with Crippen molar-refractivity contribution in [1.82, 2.24) is 0 Å². The van der Waals surface area contributed by atoms with Crippen LogP contribution >= 0.6 is 0 Å². The molecule has 0 unspecified atom stereocenters. The molecule has 0 radical (unpaired) electrons. The van der Waals surface area contributed by atoms with Crippen molar-refractivity contribution in [3.63, 3.8) is 0 Å². The molecule has 0 saturated heterocycles. The fourth-order valence-electron chi connectivity index (χ4n) is 4.12. The topological polar surface area (TPSA) is 75.0 Å². The summed E-state index contributed by atoms with van der Waals surface area (Å²) in [5.74, 6) is -0.0379. The molecule has 0 spiro atoms. The van der Waals surface area contributed by atoms with Crippen molar-refractivity contribution >= 4 is 16.9 Å². The van der Waals surface area contributed by atoms with Gasteiger partial charge in [-0.05, 0) is 43.5 Å². The number of esters is 1. The first-order valence-corrected chi connectivity index (χ1v) is 13.9. The van der Waals surface area contributed by atoms with Crippen LogP contribution < -0.4 is 19.8 Å². The highest BCUT2D eigenvalue weighted by Gasteiger charge is 2.22. The number of benzene rings is 2. The lowest BCUT2D eigenvalue weighted by molar-refractivity contribution is 0.0729. The lowest BCUT2D eigenvalue weighted by atomic mass is 10.1. The van der Waals surface area contributed by atoms with Gasteiger partial charge in [0.2, 0.25) is 5.75 Å². The third-order valence-corrected chi connectivity index (χ3v) is 6.20. The smallest absolute Gasteiger partial charge is 0.383 e. The van der Waals surface area contributed by atoms with E-state index in [1.54, 1.807) is 42.5 Å². The predicted octanol–water partition coefficient (Wildman–Crippen LogP) is 8.27. The molecule has 0 aliphatic heterocycles. The fourth-order valence-corrected chi connectivity index (χ4v) is 4.12. The van der Waals surface area contributed by atoms with E-state index >= 15 is 0 Å². The van der Waals surface area contributed by atoms with Gasteiger partial charge in [0, 0.05) is 6.07 Å². The molecule has 0 atom stereocenters. The average Bonchev–Trinajstić information content (AvgIpc) is 2.93. The highest BCUT2D eigenvalue weighted by atomic mass is 16.6. The molecule has 0 aliphatic carbocycles. The molecule has 6 heteroatoms. The van der Waals surface area contributed by atoms with E-state index in [1.807, 2.05) is 25.1 Å². The van der Waals surface area contributed by atoms with Crippen molar-refractivity contribution in [3.8, 4) is 17.2 Å². The molecule has 0 N–H and O–H groups in total. The maximum absolute atomic E-state index is 12.9. The van der Waals surface area contributed by atoms with Gasteiger partial charge in [-0.2, -0.15) is 0 Å². The standard InChI is InChI=1S/C32H40O6/c1-3-5-7-9-10-11-12-17-22-35-26-20-21-27-28(24-26)37-32(34)30(36-23-16-8-6-4-2)29(27)38-31(33)25-18-14-13-15-19-25/h6,8,13-15,18-21,24H,3-5,7,9-12,16-17,22-23H2,1-2H3/b8-6+. The molecule has 204 valence electrons. The molecule has 1 aromatic heterocycles. The van der Waals surface area contributed by atoms with Crippen LogP contribution in [0.5, 0.6) is 17.2 Å². The summed E-state index contributed by atoms with van der Waals surface area (Å²) in [5, 5.41) is 0.465. The summed E-state index contributed by atoms with van der Waals surface area (Å²) in [6, 6.07) is 13.8. The Morgan fingerprint density at radius 3 is 2.29 bits per heavy atom. The second kappa shape index (κ2) is 16.3. The Balaban J connectivity index is 1.72. The van der Waals surface area contributed by atoms with Crippen LogP contribution in [0.15, 0.2) is 69.9 Å². The average molecular weight is 521 g/mol. The maximum Gasteiger partial charge on any atom is 0.383 e. The molecule has 3 rings (SSSR count). The second-order valence-electron chi connectivity index (χ2n) is 9.30. The summed E-state index contributed by atoms with van der Waals surface area (Å²) in [7, 11) is 0. The van der Waals surface area contributed by atoms with Crippen molar-refractivity contribution < 1.29 is 23.4 Å². The molecule has 0 aliphatic rings. The van der Waals surface area contributed by atoms with Crippen LogP contribution in [-0.4, -0.2) is 19.2 Å². The van der Waals surface area contributed by atoms with Gasteiger partial charge in [-0.1, -0.05) is 89.1 Å². The van der Waals surface area contributed by atoms with Crippen LogP contribution in [-0.2, 0) is 0 Å². The van der Waals surface area contributed by atoms with Crippen LogP contribution in [0.25, 0.3) is 11.0 Å². The number of fused-ring (bicyclic) bond motifs is 1. The van der Waals surface area contributed by atoms with Crippen LogP contribution in [0, 0.1) is 0 Å². The minimum absolute atomic E-state index is 0.0548. The van der Waals surface area contributed by atoms with Gasteiger partial charge in [-0.3, -0.25) is 0 Å². The van der Waals surface area contributed by atoms with E-state index in [-0.39, 0.29) is 23.7 Å². The van der Waals surface area contributed by atoms with Crippen LogP contribution in [0.4, 0.5) is 0 Å². The highest BCUT2D eigenvalue weighted by molar-refractivity contribution is 5.95. The van der Waals surface area contributed by atoms with Crippen LogP contribution in [0.3, 0.4) is 0 Å². The van der Waals surface area contributed by atoms with E-state index in [0.717, 1.165) is 19.3 Å². The van der Waals surface area contributed by atoms with E-state index in [4.69, 9.17) is 18.6 Å². The lowest BCUT2D eigenvalue weighted by Crippen LogP contribution is -2.15. The Morgan fingerprint density at radius 1 is 0.816 bits per heavy atom. The summed E-state index contributed by atoms with van der Waals surface area (Å²) < 4.78 is 23.0. The second-order valence-corrected chi connectivity index (χ2v) is 9.30. The largest absolute Gasteiger partial charge is 0.493 e. The molecule has 0 fully saturated rings. The Morgan fingerprint density at radius 2 is 1.55 bits per heavy atom. The van der Waals surface area contributed by atoms with E-state index in [0.29, 0.717) is 29.7 Å². The first-order chi connectivity index (χ1) is 18.6. The Bertz CT molecular complexity index is 1210. The van der Waals surface area contributed by atoms with E-state index in [9.17, 15) is 9.59 Å². The number of allylic oxidation sites excluding steroid dienone is 1. The fraction of sp³-hybridized carbons (Fsp3) is 0.438. The SMILES string of the molecule is CC/C=C/CCOc1c(OC(=O)c2ccccc2)c2ccc(OCCCCCCCCCC)cc2oc1=O. The first-order valence-electron chi connectivity index (χ1n) is 13.9. The van der Waals surface area contributed by atoms with Gasteiger partial charge in [-0.25, -0.2) is 9.59 Å². The van der Waals surface area contributed by atoms with Crippen molar-refractivity contribution in [2.45, 2.75) is 78.1 Å². The third kappa shape index (κ3) is 9.09. The van der Waals surface area contributed by atoms with E-state index < -0.39 is 11.6 Å². The van der Waals surface area contributed by atoms with Gasteiger partial charge in [-0.15, -0.1) is 0 Å². The first kappa shape index (κ1) is 29.0. The summed E-state index contributed by atoms with van der Waals surface area (Å²) in [5.41, 5.74) is -0.0541.